The van der Waals surface area contributed by atoms with Gasteiger partial charge in [0.05, 0.1) is 0 Å². The molecule has 1 N–H and O–H groups in total. The lowest BCUT2D eigenvalue weighted by molar-refractivity contribution is -0.121. The van der Waals surface area contributed by atoms with Gasteiger partial charge in [0.2, 0.25) is 0 Å². The summed E-state index contributed by atoms with van der Waals surface area (Å²) in [6.07, 6.45) is 5.14. The van der Waals surface area contributed by atoms with Gasteiger partial charge in [-0.15, -0.1) is 0 Å². The van der Waals surface area contributed by atoms with Crippen molar-refractivity contribution >= 4 is 11.8 Å². The van der Waals surface area contributed by atoms with E-state index in [2.05, 4.69) is 5.32 Å². The molecule has 0 atom stereocenters. The third-order valence-corrected chi connectivity index (χ3v) is 3.29. The third-order valence-electron chi connectivity index (χ3n) is 3.29. The SMILES string of the molecule is CN(C(=O)NC1CC1)C1CCC(=O)CC1. The molecule has 0 radical (unpaired) electrons. The number of carbonyl (C=O) groups excluding carboxylic acids is 2. The second-order valence-electron chi connectivity index (χ2n) is 4.60. The van der Waals surface area contributed by atoms with Crippen LogP contribution in [0.15, 0.2) is 0 Å². The molecule has 0 saturated heterocycles. The minimum atomic E-state index is 0.0249. The van der Waals surface area contributed by atoms with Crippen LogP contribution in [0, 0.1) is 0 Å². The van der Waals surface area contributed by atoms with Gasteiger partial charge in [-0.2, -0.15) is 0 Å². The summed E-state index contributed by atoms with van der Waals surface area (Å²) in [5.74, 6) is 0.335. The highest BCUT2D eigenvalue weighted by Crippen LogP contribution is 2.22. The predicted molar refractivity (Wildman–Crippen MR) is 56.6 cm³/mol. The Kier molecular flexibility index (Phi) is 2.93. The van der Waals surface area contributed by atoms with E-state index in [0.717, 1.165) is 25.7 Å². The fraction of sp³-hybridized carbons (Fsp3) is 0.818. The summed E-state index contributed by atoms with van der Waals surface area (Å²) in [5.41, 5.74) is 0. The molecule has 2 saturated carbocycles. The summed E-state index contributed by atoms with van der Waals surface area (Å²) in [5, 5.41) is 2.96. The van der Waals surface area contributed by atoms with Gasteiger partial charge in [0.25, 0.3) is 0 Å². The van der Waals surface area contributed by atoms with Gasteiger partial charge in [-0.3, -0.25) is 4.79 Å². The van der Waals surface area contributed by atoms with Crippen molar-refractivity contribution in [3.8, 4) is 0 Å². The second kappa shape index (κ2) is 4.21. The molecule has 0 unspecified atom stereocenters. The Morgan fingerprint density at radius 1 is 1.27 bits per heavy atom. The summed E-state index contributed by atoms with van der Waals surface area (Å²) >= 11 is 0. The highest BCUT2D eigenvalue weighted by molar-refractivity contribution is 5.80. The Balaban J connectivity index is 1.80. The zero-order valence-electron chi connectivity index (χ0n) is 9.16. The van der Waals surface area contributed by atoms with Gasteiger partial charge in [-0.25, -0.2) is 4.79 Å². The molecule has 0 heterocycles. The van der Waals surface area contributed by atoms with Gasteiger partial charge >= 0.3 is 6.03 Å². The number of urea groups is 1. The largest absolute Gasteiger partial charge is 0.335 e. The van der Waals surface area contributed by atoms with Crippen molar-refractivity contribution < 1.29 is 9.59 Å². The monoisotopic (exact) mass is 210 g/mol. The molecule has 0 aromatic heterocycles. The van der Waals surface area contributed by atoms with E-state index >= 15 is 0 Å². The molecule has 0 aliphatic heterocycles. The smallest absolute Gasteiger partial charge is 0.317 e. The minimum Gasteiger partial charge on any atom is -0.335 e. The molecule has 84 valence electrons. The molecule has 0 aromatic carbocycles. The first-order valence-corrected chi connectivity index (χ1v) is 5.72. The third kappa shape index (κ3) is 2.70. The highest BCUT2D eigenvalue weighted by Gasteiger charge is 2.29. The van der Waals surface area contributed by atoms with Crippen molar-refractivity contribution in [3.63, 3.8) is 0 Å². The lowest BCUT2D eigenvalue weighted by Gasteiger charge is -2.30. The van der Waals surface area contributed by atoms with Crippen LogP contribution < -0.4 is 5.32 Å². The molecule has 0 aromatic rings. The summed E-state index contributed by atoms with van der Waals surface area (Å²) in [6.45, 7) is 0. The molecule has 2 aliphatic carbocycles. The fourth-order valence-corrected chi connectivity index (χ4v) is 1.98. The van der Waals surface area contributed by atoms with E-state index in [1.807, 2.05) is 7.05 Å². The zero-order chi connectivity index (χ0) is 10.8. The molecule has 4 heteroatoms. The van der Waals surface area contributed by atoms with Gasteiger partial charge in [-0.05, 0) is 25.7 Å². The van der Waals surface area contributed by atoms with Crippen LogP contribution >= 0.6 is 0 Å². The van der Waals surface area contributed by atoms with Gasteiger partial charge in [-0.1, -0.05) is 0 Å². The number of rotatable bonds is 2. The summed E-state index contributed by atoms with van der Waals surface area (Å²) in [6, 6.07) is 0.684. The van der Waals surface area contributed by atoms with Crippen molar-refractivity contribution in [1.29, 1.82) is 0 Å². The van der Waals surface area contributed by atoms with E-state index in [4.69, 9.17) is 0 Å². The fourth-order valence-electron chi connectivity index (χ4n) is 1.98. The van der Waals surface area contributed by atoms with Crippen molar-refractivity contribution in [2.24, 2.45) is 0 Å². The van der Waals surface area contributed by atoms with Crippen molar-refractivity contribution in [2.45, 2.75) is 50.6 Å². The molecular formula is C11H18N2O2. The molecule has 15 heavy (non-hydrogen) atoms. The topological polar surface area (TPSA) is 49.4 Å². The molecule has 0 spiro atoms. The van der Waals surface area contributed by atoms with Crippen LogP contribution in [0.1, 0.15) is 38.5 Å². The molecule has 2 amide bonds. The summed E-state index contributed by atoms with van der Waals surface area (Å²) < 4.78 is 0. The molecule has 2 rings (SSSR count). The maximum absolute atomic E-state index is 11.7. The first kappa shape index (κ1) is 10.5. The molecule has 4 nitrogen and oxygen atoms in total. The standard InChI is InChI=1S/C11H18N2O2/c1-13(11(15)12-8-2-3-8)9-4-6-10(14)7-5-9/h8-9H,2-7H2,1H3,(H,12,15). The average molecular weight is 210 g/mol. The molecular weight excluding hydrogens is 192 g/mol. The van der Waals surface area contributed by atoms with Crippen LogP contribution in [0.25, 0.3) is 0 Å². The quantitative estimate of drug-likeness (QED) is 0.747. The Morgan fingerprint density at radius 2 is 1.87 bits per heavy atom. The Labute approximate surface area is 90.0 Å². The lowest BCUT2D eigenvalue weighted by Crippen LogP contribution is -2.45. The number of Topliss-reactive ketones (excluding diaryl/α,β-unsaturated/α-hetero) is 1. The number of nitrogens with zero attached hydrogens (tertiary/aromatic N) is 1. The van der Waals surface area contributed by atoms with E-state index in [1.165, 1.54) is 0 Å². The number of carbonyl (C=O) groups is 2. The van der Waals surface area contributed by atoms with Gasteiger partial charge in [0.15, 0.2) is 0 Å². The zero-order valence-corrected chi connectivity index (χ0v) is 9.16. The van der Waals surface area contributed by atoms with Crippen LogP contribution in [-0.4, -0.2) is 35.8 Å². The molecule has 2 fully saturated rings. The summed E-state index contributed by atoms with van der Waals surface area (Å²) in [7, 11) is 1.83. The second-order valence-corrected chi connectivity index (χ2v) is 4.60. The normalized spacial score (nSPS) is 22.6. The average Bonchev–Trinajstić information content (AvgIpc) is 3.02. The number of hydrogen-bond acceptors (Lipinski definition) is 2. The van der Waals surface area contributed by atoms with E-state index in [1.54, 1.807) is 4.90 Å². The van der Waals surface area contributed by atoms with E-state index in [-0.39, 0.29) is 12.1 Å². The number of hydrogen-bond donors (Lipinski definition) is 1. The van der Waals surface area contributed by atoms with Gasteiger partial charge in [0.1, 0.15) is 5.78 Å². The van der Waals surface area contributed by atoms with E-state index in [0.29, 0.717) is 24.7 Å². The Hall–Kier alpha value is -1.06. The molecule has 0 bridgehead atoms. The van der Waals surface area contributed by atoms with Crippen LogP contribution in [0.5, 0.6) is 0 Å². The number of amides is 2. The number of ketones is 1. The molecule has 2 aliphatic rings. The van der Waals surface area contributed by atoms with Crippen LogP contribution in [0.3, 0.4) is 0 Å². The van der Waals surface area contributed by atoms with Crippen LogP contribution in [-0.2, 0) is 4.79 Å². The highest BCUT2D eigenvalue weighted by atomic mass is 16.2. The van der Waals surface area contributed by atoms with Crippen LogP contribution in [0.4, 0.5) is 4.79 Å². The Morgan fingerprint density at radius 3 is 2.40 bits per heavy atom. The maximum atomic E-state index is 11.7. The van der Waals surface area contributed by atoms with Crippen LogP contribution in [0.2, 0.25) is 0 Å². The lowest BCUT2D eigenvalue weighted by atomic mass is 9.93. The van der Waals surface area contributed by atoms with E-state index in [9.17, 15) is 9.59 Å². The van der Waals surface area contributed by atoms with Gasteiger partial charge in [0, 0.05) is 32.0 Å². The van der Waals surface area contributed by atoms with Crippen molar-refractivity contribution in [2.75, 3.05) is 7.05 Å². The summed E-state index contributed by atoms with van der Waals surface area (Å²) in [4.78, 5) is 24.5. The minimum absolute atomic E-state index is 0.0249. The van der Waals surface area contributed by atoms with E-state index < -0.39 is 0 Å². The van der Waals surface area contributed by atoms with Crippen molar-refractivity contribution in [3.05, 3.63) is 0 Å². The maximum Gasteiger partial charge on any atom is 0.317 e. The first-order valence-electron chi connectivity index (χ1n) is 5.72. The van der Waals surface area contributed by atoms with Crippen molar-refractivity contribution in [1.82, 2.24) is 10.2 Å². The van der Waals surface area contributed by atoms with Gasteiger partial charge < -0.3 is 10.2 Å². The predicted octanol–water partition coefficient (Wildman–Crippen LogP) is 1.30. The Bertz CT molecular complexity index is 264. The number of nitrogens with one attached hydrogen (secondary N) is 1. The first-order chi connectivity index (χ1) is 7.16.